The topological polar surface area (TPSA) is 42.1 Å². The smallest absolute Gasteiger partial charge is 0.330 e. The van der Waals surface area contributed by atoms with Crippen LogP contribution in [0.15, 0.2) is 30.3 Å². The largest absolute Gasteiger partial charge is 0.463 e. The Kier molecular flexibility index (Phi) is 4.39. The Balaban J connectivity index is 2.12. The predicted octanol–water partition coefficient (Wildman–Crippen LogP) is 3.83. The Morgan fingerprint density at radius 1 is 1.37 bits per heavy atom. The van der Waals surface area contributed by atoms with Gasteiger partial charge < -0.3 is 9.72 Å². The molecule has 0 unspecified atom stereocenters. The molecule has 0 amide bonds. The summed E-state index contributed by atoms with van der Waals surface area (Å²) in [5, 5.41) is 1.12. The van der Waals surface area contributed by atoms with Gasteiger partial charge in [-0.05, 0) is 25.5 Å². The maximum atomic E-state index is 11.5. The van der Waals surface area contributed by atoms with E-state index in [9.17, 15) is 4.79 Å². The molecule has 3 heteroatoms. The molecule has 0 radical (unpaired) electrons. The van der Waals surface area contributed by atoms with Crippen LogP contribution >= 0.6 is 0 Å². The number of para-hydroxylation sites is 1. The van der Waals surface area contributed by atoms with E-state index in [-0.39, 0.29) is 5.97 Å². The molecule has 2 aromatic rings. The summed E-state index contributed by atoms with van der Waals surface area (Å²) in [6.07, 6.45) is 5.25. The molecule has 0 atom stereocenters. The van der Waals surface area contributed by atoms with Gasteiger partial charge >= 0.3 is 5.97 Å². The van der Waals surface area contributed by atoms with Crippen molar-refractivity contribution >= 4 is 22.9 Å². The number of fused-ring (bicyclic) bond motifs is 1. The van der Waals surface area contributed by atoms with E-state index in [2.05, 4.69) is 11.9 Å². The van der Waals surface area contributed by atoms with Crippen LogP contribution < -0.4 is 0 Å². The van der Waals surface area contributed by atoms with Crippen molar-refractivity contribution in [2.24, 2.45) is 0 Å². The molecule has 0 saturated carbocycles. The molecule has 0 spiro atoms. The number of aromatic amines is 1. The van der Waals surface area contributed by atoms with Gasteiger partial charge in [0, 0.05) is 28.2 Å². The quantitative estimate of drug-likeness (QED) is 0.502. The van der Waals surface area contributed by atoms with Crippen molar-refractivity contribution in [2.45, 2.75) is 26.7 Å². The minimum atomic E-state index is -0.280. The molecule has 1 heterocycles. The fraction of sp³-hybridized carbons (Fsp3) is 0.312. The van der Waals surface area contributed by atoms with Crippen LogP contribution in [-0.2, 0) is 9.53 Å². The minimum Gasteiger partial charge on any atom is -0.463 e. The van der Waals surface area contributed by atoms with E-state index in [1.807, 2.05) is 37.3 Å². The Hall–Kier alpha value is -2.03. The standard InChI is InChI=1S/C16H19NO2/c1-3-4-11-19-16(18)10-9-13-12(2)17-15-8-6-5-7-14(13)15/h5-10,17H,3-4,11H2,1-2H3/b10-9+. The van der Waals surface area contributed by atoms with E-state index < -0.39 is 0 Å². The number of unbranched alkanes of at least 4 members (excludes halogenated alkanes) is 1. The van der Waals surface area contributed by atoms with Gasteiger partial charge in [-0.1, -0.05) is 31.5 Å². The molecule has 100 valence electrons. The highest BCUT2D eigenvalue weighted by Gasteiger charge is 2.05. The first-order chi connectivity index (χ1) is 9.22. The molecule has 2 rings (SSSR count). The van der Waals surface area contributed by atoms with Crippen LogP contribution in [0.4, 0.5) is 0 Å². The summed E-state index contributed by atoms with van der Waals surface area (Å²) in [6, 6.07) is 8.05. The number of aromatic nitrogens is 1. The van der Waals surface area contributed by atoms with Gasteiger partial charge in [-0.2, -0.15) is 0 Å². The van der Waals surface area contributed by atoms with E-state index in [1.165, 1.54) is 6.08 Å². The number of aryl methyl sites for hydroxylation is 1. The first-order valence-electron chi connectivity index (χ1n) is 6.64. The lowest BCUT2D eigenvalue weighted by Crippen LogP contribution is -2.01. The van der Waals surface area contributed by atoms with Crippen LogP contribution in [0.1, 0.15) is 31.0 Å². The van der Waals surface area contributed by atoms with Crippen molar-refractivity contribution in [1.29, 1.82) is 0 Å². The molecule has 19 heavy (non-hydrogen) atoms. The lowest BCUT2D eigenvalue weighted by molar-refractivity contribution is -0.137. The van der Waals surface area contributed by atoms with Gasteiger partial charge in [0.2, 0.25) is 0 Å². The van der Waals surface area contributed by atoms with E-state index in [4.69, 9.17) is 4.74 Å². The van der Waals surface area contributed by atoms with E-state index >= 15 is 0 Å². The number of esters is 1. The molecular formula is C16H19NO2. The third-order valence-corrected chi connectivity index (χ3v) is 3.07. The maximum absolute atomic E-state index is 11.5. The van der Waals surface area contributed by atoms with Gasteiger partial charge in [0.05, 0.1) is 6.61 Å². The highest BCUT2D eigenvalue weighted by molar-refractivity contribution is 5.95. The summed E-state index contributed by atoms with van der Waals surface area (Å²) in [7, 11) is 0. The Morgan fingerprint density at radius 3 is 2.95 bits per heavy atom. The van der Waals surface area contributed by atoms with Crippen molar-refractivity contribution in [3.63, 3.8) is 0 Å². The van der Waals surface area contributed by atoms with Gasteiger partial charge in [-0.15, -0.1) is 0 Å². The molecule has 1 N–H and O–H groups in total. The highest BCUT2D eigenvalue weighted by atomic mass is 16.5. The number of H-pyrrole nitrogens is 1. The molecule has 0 fully saturated rings. The molecule has 0 bridgehead atoms. The summed E-state index contributed by atoms with van der Waals surface area (Å²) < 4.78 is 5.10. The van der Waals surface area contributed by atoms with Gasteiger partial charge in [0.25, 0.3) is 0 Å². The summed E-state index contributed by atoms with van der Waals surface area (Å²) in [5.74, 6) is -0.280. The number of rotatable bonds is 5. The first kappa shape index (κ1) is 13.4. The van der Waals surface area contributed by atoms with Gasteiger partial charge in [-0.3, -0.25) is 0 Å². The molecule has 3 nitrogen and oxygen atoms in total. The Morgan fingerprint density at radius 2 is 2.16 bits per heavy atom. The van der Waals surface area contributed by atoms with Crippen LogP contribution in [-0.4, -0.2) is 17.6 Å². The fourth-order valence-corrected chi connectivity index (χ4v) is 2.03. The normalized spacial score (nSPS) is 11.3. The molecule has 0 aliphatic heterocycles. The lowest BCUT2D eigenvalue weighted by atomic mass is 10.1. The third-order valence-electron chi connectivity index (χ3n) is 3.07. The van der Waals surface area contributed by atoms with Crippen molar-refractivity contribution < 1.29 is 9.53 Å². The van der Waals surface area contributed by atoms with Crippen molar-refractivity contribution in [3.8, 4) is 0 Å². The maximum Gasteiger partial charge on any atom is 0.330 e. The number of carbonyl (C=O) groups excluding carboxylic acids is 1. The zero-order chi connectivity index (χ0) is 13.7. The monoisotopic (exact) mass is 257 g/mol. The molecule has 0 aliphatic carbocycles. The average Bonchev–Trinajstić information content (AvgIpc) is 2.72. The van der Waals surface area contributed by atoms with Crippen LogP contribution in [0.25, 0.3) is 17.0 Å². The van der Waals surface area contributed by atoms with E-state index in [0.717, 1.165) is 35.0 Å². The van der Waals surface area contributed by atoms with Crippen LogP contribution in [0.5, 0.6) is 0 Å². The number of nitrogens with one attached hydrogen (secondary N) is 1. The second-order valence-corrected chi connectivity index (χ2v) is 4.56. The summed E-state index contributed by atoms with van der Waals surface area (Å²) in [4.78, 5) is 14.8. The van der Waals surface area contributed by atoms with E-state index in [1.54, 1.807) is 0 Å². The van der Waals surface area contributed by atoms with Gasteiger partial charge in [0.1, 0.15) is 0 Å². The lowest BCUT2D eigenvalue weighted by Gasteiger charge is -1.99. The SMILES string of the molecule is CCCCOC(=O)/C=C/c1c(C)[nH]c2ccccc12. The minimum absolute atomic E-state index is 0.280. The zero-order valence-electron chi connectivity index (χ0n) is 11.4. The number of ether oxygens (including phenoxy) is 1. The molecule has 0 aliphatic rings. The van der Waals surface area contributed by atoms with Crippen molar-refractivity contribution in [1.82, 2.24) is 4.98 Å². The molecular weight excluding hydrogens is 238 g/mol. The van der Waals surface area contributed by atoms with Crippen molar-refractivity contribution in [3.05, 3.63) is 41.6 Å². The van der Waals surface area contributed by atoms with E-state index in [0.29, 0.717) is 6.61 Å². The molecule has 0 saturated heterocycles. The first-order valence-corrected chi connectivity index (χ1v) is 6.64. The summed E-state index contributed by atoms with van der Waals surface area (Å²) >= 11 is 0. The Bertz CT molecular complexity index is 596. The van der Waals surface area contributed by atoms with Gasteiger partial charge in [0.15, 0.2) is 0 Å². The second kappa shape index (κ2) is 6.23. The van der Waals surface area contributed by atoms with Crippen LogP contribution in [0.2, 0.25) is 0 Å². The van der Waals surface area contributed by atoms with Crippen LogP contribution in [0.3, 0.4) is 0 Å². The average molecular weight is 257 g/mol. The second-order valence-electron chi connectivity index (χ2n) is 4.56. The van der Waals surface area contributed by atoms with Crippen LogP contribution in [0, 0.1) is 6.92 Å². The number of carbonyl (C=O) groups is 1. The Labute approximate surface area is 113 Å². The third kappa shape index (κ3) is 3.25. The van der Waals surface area contributed by atoms with Crippen molar-refractivity contribution in [2.75, 3.05) is 6.61 Å². The molecule has 1 aromatic heterocycles. The highest BCUT2D eigenvalue weighted by Crippen LogP contribution is 2.22. The number of hydrogen-bond acceptors (Lipinski definition) is 2. The molecule has 1 aromatic carbocycles. The van der Waals surface area contributed by atoms with Gasteiger partial charge in [-0.25, -0.2) is 4.79 Å². The fourth-order valence-electron chi connectivity index (χ4n) is 2.03. The summed E-state index contributed by atoms with van der Waals surface area (Å²) in [5.41, 5.74) is 3.18. The summed E-state index contributed by atoms with van der Waals surface area (Å²) in [6.45, 7) is 4.56. The zero-order valence-corrected chi connectivity index (χ0v) is 11.4. The number of hydrogen-bond donors (Lipinski definition) is 1. The predicted molar refractivity (Wildman–Crippen MR) is 77.9 cm³/mol. The number of benzene rings is 1.